The second kappa shape index (κ2) is 5.42. The maximum atomic E-state index is 5.94. The molecule has 1 N–H and O–H groups in total. The van der Waals surface area contributed by atoms with Gasteiger partial charge in [0, 0.05) is 19.1 Å². The van der Waals surface area contributed by atoms with E-state index in [1.165, 1.54) is 25.8 Å². The van der Waals surface area contributed by atoms with Crippen molar-refractivity contribution in [1.29, 1.82) is 0 Å². The quantitative estimate of drug-likeness (QED) is 0.873. The zero-order chi connectivity index (χ0) is 13.4. The third kappa shape index (κ3) is 2.36. The molecule has 0 saturated carbocycles. The molecule has 0 bridgehead atoms. The highest BCUT2D eigenvalue weighted by Crippen LogP contribution is 2.30. The molecular weight excluding hydrogens is 256 g/mol. The van der Waals surface area contributed by atoms with Crippen molar-refractivity contribution in [3.05, 3.63) is 11.7 Å². The maximum Gasteiger partial charge on any atom is 0.231 e. The van der Waals surface area contributed by atoms with Crippen LogP contribution in [-0.2, 0) is 4.74 Å². The summed E-state index contributed by atoms with van der Waals surface area (Å²) in [6.45, 7) is 4.94. The zero-order valence-corrected chi connectivity index (χ0v) is 11.8. The highest BCUT2D eigenvalue weighted by atomic mass is 16.5. The Kier molecular flexibility index (Phi) is 3.45. The first kappa shape index (κ1) is 12.7. The lowest BCUT2D eigenvalue weighted by Gasteiger charge is -2.33. The number of fused-ring (bicyclic) bond motifs is 1. The number of ether oxygens (including phenoxy) is 1. The molecule has 6 heteroatoms. The summed E-state index contributed by atoms with van der Waals surface area (Å²) in [6.07, 6.45) is 4.84. The zero-order valence-electron chi connectivity index (χ0n) is 11.8. The smallest absolute Gasteiger partial charge is 0.231 e. The molecule has 6 nitrogen and oxygen atoms in total. The Morgan fingerprint density at radius 3 is 3.15 bits per heavy atom. The molecule has 3 atom stereocenters. The normalized spacial score (nSPS) is 35.1. The van der Waals surface area contributed by atoms with Crippen molar-refractivity contribution < 1.29 is 9.26 Å². The first-order chi connectivity index (χ1) is 9.90. The van der Waals surface area contributed by atoms with Crippen LogP contribution >= 0.6 is 0 Å². The fourth-order valence-corrected chi connectivity index (χ4v) is 3.58. The molecule has 4 heterocycles. The van der Waals surface area contributed by atoms with Crippen molar-refractivity contribution >= 4 is 0 Å². The number of rotatable bonds is 2. The van der Waals surface area contributed by atoms with E-state index < -0.39 is 0 Å². The SMILES string of the molecule is C1CNCC(c2nc(C3CN4CCCC4CO3)no2)C1. The first-order valence-electron chi connectivity index (χ1n) is 7.80. The third-order valence-electron chi connectivity index (χ3n) is 4.78. The lowest BCUT2D eigenvalue weighted by molar-refractivity contribution is -0.0548. The Bertz CT molecular complexity index is 458. The van der Waals surface area contributed by atoms with Gasteiger partial charge in [-0.15, -0.1) is 0 Å². The number of nitrogens with one attached hydrogen (secondary N) is 1. The van der Waals surface area contributed by atoms with Crippen molar-refractivity contribution in [3.63, 3.8) is 0 Å². The second-order valence-corrected chi connectivity index (χ2v) is 6.15. The average Bonchev–Trinajstić information content (AvgIpc) is 3.16. The summed E-state index contributed by atoms with van der Waals surface area (Å²) < 4.78 is 11.4. The van der Waals surface area contributed by atoms with E-state index in [0.717, 1.165) is 44.4 Å². The van der Waals surface area contributed by atoms with Gasteiger partial charge in [-0.2, -0.15) is 4.98 Å². The molecule has 3 aliphatic rings. The van der Waals surface area contributed by atoms with Crippen LogP contribution in [0.5, 0.6) is 0 Å². The molecular formula is C14H22N4O2. The maximum absolute atomic E-state index is 5.94. The molecule has 1 aromatic rings. The summed E-state index contributed by atoms with van der Waals surface area (Å²) in [5.41, 5.74) is 0. The largest absolute Gasteiger partial charge is 0.367 e. The predicted octanol–water partition coefficient (Wildman–Crippen LogP) is 1.07. The summed E-state index contributed by atoms with van der Waals surface area (Å²) in [4.78, 5) is 7.11. The molecule has 0 amide bonds. The standard InChI is InChI=1S/C14H22N4O2/c1-3-10(7-15-5-1)14-16-13(17-20-14)12-8-18-6-2-4-11(18)9-19-12/h10-12,15H,1-9H2. The van der Waals surface area contributed by atoms with E-state index in [0.29, 0.717) is 12.0 Å². The molecule has 4 rings (SSSR count). The van der Waals surface area contributed by atoms with Crippen LogP contribution in [0.15, 0.2) is 4.52 Å². The molecule has 110 valence electrons. The van der Waals surface area contributed by atoms with E-state index in [1.54, 1.807) is 0 Å². The first-order valence-corrected chi connectivity index (χ1v) is 7.80. The molecule has 3 saturated heterocycles. The average molecular weight is 278 g/mol. The number of morpholine rings is 1. The van der Waals surface area contributed by atoms with Crippen molar-refractivity contribution in [1.82, 2.24) is 20.4 Å². The summed E-state index contributed by atoms with van der Waals surface area (Å²) >= 11 is 0. The Morgan fingerprint density at radius 1 is 1.25 bits per heavy atom. The van der Waals surface area contributed by atoms with Crippen LogP contribution in [0.3, 0.4) is 0 Å². The number of hydrogen-bond acceptors (Lipinski definition) is 6. The second-order valence-electron chi connectivity index (χ2n) is 6.15. The van der Waals surface area contributed by atoms with Gasteiger partial charge in [0.2, 0.25) is 11.7 Å². The van der Waals surface area contributed by atoms with Crippen LogP contribution in [0.25, 0.3) is 0 Å². The number of piperidine rings is 1. The molecule has 1 aromatic heterocycles. The van der Waals surface area contributed by atoms with E-state index in [-0.39, 0.29) is 6.10 Å². The van der Waals surface area contributed by atoms with Gasteiger partial charge < -0.3 is 14.6 Å². The van der Waals surface area contributed by atoms with Crippen LogP contribution < -0.4 is 5.32 Å². The lowest BCUT2D eigenvalue weighted by Crippen LogP contribution is -2.42. The van der Waals surface area contributed by atoms with Crippen LogP contribution in [-0.4, -0.2) is 53.9 Å². The third-order valence-corrected chi connectivity index (χ3v) is 4.78. The van der Waals surface area contributed by atoms with Crippen molar-refractivity contribution in [2.24, 2.45) is 0 Å². The minimum atomic E-state index is -0.0154. The van der Waals surface area contributed by atoms with Crippen LogP contribution in [0.4, 0.5) is 0 Å². The van der Waals surface area contributed by atoms with E-state index in [4.69, 9.17) is 9.26 Å². The Morgan fingerprint density at radius 2 is 2.25 bits per heavy atom. The molecule has 0 radical (unpaired) electrons. The number of nitrogens with zero attached hydrogens (tertiary/aromatic N) is 3. The van der Waals surface area contributed by atoms with Gasteiger partial charge >= 0.3 is 0 Å². The van der Waals surface area contributed by atoms with Gasteiger partial charge in [-0.25, -0.2) is 0 Å². The van der Waals surface area contributed by atoms with E-state index >= 15 is 0 Å². The molecule has 0 aromatic carbocycles. The van der Waals surface area contributed by atoms with E-state index in [1.807, 2.05) is 0 Å². The van der Waals surface area contributed by atoms with E-state index in [2.05, 4.69) is 20.4 Å². The van der Waals surface area contributed by atoms with Crippen LogP contribution in [0.1, 0.15) is 49.4 Å². The Balaban J connectivity index is 1.44. The number of aromatic nitrogens is 2. The summed E-state index contributed by atoms with van der Waals surface area (Å²) in [6, 6.07) is 0.611. The van der Waals surface area contributed by atoms with Gasteiger partial charge in [0.15, 0.2) is 0 Å². The van der Waals surface area contributed by atoms with Gasteiger partial charge in [-0.3, -0.25) is 4.90 Å². The Labute approximate surface area is 118 Å². The fraction of sp³-hybridized carbons (Fsp3) is 0.857. The van der Waals surface area contributed by atoms with E-state index in [9.17, 15) is 0 Å². The van der Waals surface area contributed by atoms with Crippen molar-refractivity contribution in [2.75, 3.05) is 32.8 Å². The molecule has 0 spiro atoms. The predicted molar refractivity (Wildman–Crippen MR) is 72.4 cm³/mol. The summed E-state index contributed by atoms with van der Waals surface area (Å²) in [7, 11) is 0. The fourth-order valence-electron chi connectivity index (χ4n) is 3.58. The monoisotopic (exact) mass is 278 g/mol. The van der Waals surface area contributed by atoms with Crippen molar-refractivity contribution in [3.8, 4) is 0 Å². The van der Waals surface area contributed by atoms with Gasteiger partial charge in [0.1, 0.15) is 6.10 Å². The lowest BCUT2D eigenvalue weighted by atomic mass is 10.00. The highest BCUT2D eigenvalue weighted by Gasteiger charge is 2.35. The molecule has 3 unspecified atom stereocenters. The minimum absolute atomic E-state index is 0.0154. The van der Waals surface area contributed by atoms with Gasteiger partial charge in [0.05, 0.1) is 12.5 Å². The molecule has 0 aliphatic carbocycles. The van der Waals surface area contributed by atoms with Gasteiger partial charge in [-0.05, 0) is 38.8 Å². The number of hydrogen-bond donors (Lipinski definition) is 1. The molecule has 3 aliphatic heterocycles. The minimum Gasteiger partial charge on any atom is -0.367 e. The molecule has 20 heavy (non-hydrogen) atoms. The Hall–Kier alpha value is -0.980. The van der Waals surface area contributed by atoms with Crippen molar-refractivity contribution in [2.45, 2.75) is 43.7 Å². The highest BCUT2D eigenvalue weighted by molar-refractivity contribution is 5.01. The molecule has 3 fully saturated rings. The van der Waals surface area contributed by atoms with Gasteiger partial charge in [-0.1, -0.05) is 5.16 Å². The summed E-state index contributed by atoms with van der Waals surface area (Å²) in [5.74, 6) is 1.88. The van der Waals surface area contributed by atoms with Gasteiger partial charge in [0.25, 0.3) is 0 Å². The van der Waals surface area contributed by atoms with Crippen LogP contribution in [0.2, 0.25) is 0 Å². The van der Waals surface area contributed by atoms with Crippen LogP contribution in [0, 0.1) is 0 Å². The topological polar surface area (TPSA) is 63.4 Å². The summed E-state index contributed by atoms with van der Waals surface area (Å²) in [5, 5.41) is 7.55.